The van der Waals surface area contributed by atoms with Crippen LogP contribution < -0.4 is 5.32 Å². The van der Waals surface area contributed by atoms with Crippen LogP contribution in [-0.2, 0) is 14.8 Å². The number of methoxy groups -OCH3 is 1. The summed E-state index contributed by atoms with van der Waals surface area (Å²) in [4.78, 5) is 11.7. The summed E-state index contributed by atoms with van der Waals surface area (Å²) in [7, 11) is -2.58. The monoisotopic (exact) mass is 332 g/mol. The molecule has 1 aromatic rings. The molecular formula is C13H17ClN2O4S. The zero-order valence-corrected chi connectivity index (χ0v) is 13.4. The molecule has 0 bridgehead atoms. The predicted octanol–water partition coefficient (Wildman–Crippen LogP) is 1.11. The standard InChI is InChI=1S/C13H17ClN2O4S/c1-9-8-15-5-6-16(9)21(18,19)12-4-3-10(14)7-11(12)13(17)20-2/h3-4,7,9,15H,5-6,8H2,1-2H3. The van der Waals surface area contributed by atoms with E-state index in [9.17, 15) is 13.2 Å². The molecule has 6 nitrogen and oxygen atoms in total. The summed E-state index contributed by atoms with van der Waals surface area (Å²) in [5, 5.41) is 3.41. The first-order valence-electron chi connectivity index (χ1n) is 6.48. The minimum Gasteiger partial charge on any atom is -0.465 e. The Labute approximate surface area is 129 Å². The summed E-state index contributed by atoms with van der Waals surface area (Å²) < 4.78 is 31.6. The van der Waals surface area contributed by atoms with E-state index in [0.717, 1.165) is 0 Å². The molecule has 8 heteroatoms. The molecule has 2 rings (SSSR count). The highest BCUT2D eigenvalue weighted by Crippen LogP contribution is 2.26. The van der Waals surface area contributed by atoms with Crippen molar-refractivity contribution in [3.63, 3.8) is 0 Å². The number of nitrogens with one attached hydrogen (secondary N) is 1. The Morgan fingerprint density at radius 2 is 2.19 bits per heavy atom. The van der Waals surface area contributed by atoms with E-state index in [-0.39, 0.29) is 21.5 Å². The van der Waals surface area contributed by atoms with Crippen LogP contribution in [0.5, 0.6) is 0 Å². The summed E-state index contributed by atoms with van der Waals surface area (Å²) in [6.45, 7) is 3.31. The van der Waals surface area contributed by atoms with Gasteiger partial charge >= 0.3 is 5.97 Å². The number of ether oxygens (including phenoxy) is 1. The van der Waals surface area contributed by atoms with Gasteiger partial charge in [-0.25, -0.2) is 13.2 Å². The van der Waals surface area contributed by atoms with Crippen molar-refractivity contribution in [3.8, 4) is 0 Å². The fraction of sp³-hybridized carbons (Fsp3) is 0.462. The molecule has 1 aliphatic heterocycles. The molecule has 1 heterocycles. The maximum atomic E-state index is 12.8. The maximum absolute atomic E-state index is 12.8. The van der Waals surface area contributed by atoms with E-state index in [4.69, 9.17) is 11.6 Å². The van der Waals surface area contributed by atoms with Gasteiger partial charge in [0.1, 0.15) is 0 Å². The second-order valence-corrected chi connectivity index (χ2v) is 7.10. The highest BCUT2D eigenvalue weighted by Gasteiger charge is 2.34. The van der Waals surface area contributed by atoms with E-state index in [0.29, 0.717) is 19.6 Å². The molecule has 1 atom stereocenters. The molecule has 0 saturated carbocycles. The number of hydrogen-bond donors (Lipinski definition) is 1. The molecule has 0 spiro atoms. The second-order valence-electron chi connectivity index (χ2n) is 4.80. The molecule has 116 valence electrons. The molecular weight excluding hydrogens is 316 g/mol. The zero-order chi connectivity index (χ0) is 15.6. The Kier molecular flexibility index (Phi) is 4.88. The first kappa shape index (κ1) is 16.2. The number of carbonyl (C=O) groups excluding carboxylic acids is 1. The Hall–Kier alpha value is -1.15. The van der Waals surface area contributed by atoms with Crippen LogP contribution in [0.2, 0.25) is 5.02 Å². The third-order valence-corrected chi connectivity index (χ3v) is 5.68. The van der Waals surface area contributed by atoms with E-state index in [1.807, 2.05) is 6.92 Å². The van der Waals surface area contributed by atoms with Crippen LogP contribution in [0.15, 0.2) is 23.1 Å². The lowest BCUT2D eigenvalue weighted by molar-refractivity contribution is 0.0596. The van der Waals surface area contributed by atoms with Crippen molar-refractivity contribution in [3.05, 3.63) is 28.8 Å². The third kappa shape index (κ3) is 3.21. The van der Waals surface area contributed by atoms with Crippen LogP contribution in [0.25, 0.3) is 0 Å². The van der Waals surface area contributed by atoms with Gasteiger partial charge in [0.15, 0.2) is 0 Å². The van der Waals surface area contributed by atoms with Gasteiger partial charge in [0.05, 0.1) is 17.6 Å². The van der Waals surface area contributed by atoms with Crippen LogP contribution in [0.1, 0.15) is 17.3 Å². The van der Waals surface area contributed by atoms with Crippen molar-refractivity contribution in [1.82, 2.24) is 9.62 Å². The van der Waals surface area contributed by atoms with Crippen LogP contribution in [0.3, 0.4) is 0 Å². The fourth-order valence-corrected chi connectivity index (χ4v) is 4.27. The van der Waals surface area contributed by atoms with Crippen molar-refractivity contribution < 1.29 is 17.9 Å². The van der Waals surface area contributed by atoms with Crippen molar-refractivity contribution in [2.45, 2.75) is 17.9 Å². The SMILES string of the molecule is COC(=O)c1cc(Cl)ccc1S(=O)(=O)N1CCNCC1C. The van der Waals surface area contributed by atoms with Gasteiger partial charge in [0, 0.05) is 30.7 Å². The van der Waals surface area contributed by atoms with Crippen molar-refractivity contribution in [1.29, 1.82) is 0 Å². The predicted molar refractivity (Wildman–Crippen MR) is 79.0 cm³/mol. The maximum Gasteiger partial charge on any atom is 0.339 e. The molecule has 0 aliphatic carbocycles. The second kappa shape index (κ2) is 6.31. The number of esters is 1. The lowest BCUT2D eigenvalue weighted by atomic mass is 10.2. The number of sulfonamides is 1. The van der Waals surface area contributed by atoms with Gasteiger partial charge in [0.2, 0.25) is 10.0 Å². The molecule has 0 radical (unpaired) electrons. The minimum atomic E-state index is -3.78. The molecule has 1 saturated heterocycles. The smallest absolute Gasteiger partial charge is 0.339 e. The van der Waals surface area contributed by atoms with Gasteiger partial charge in [-0.2, -0.15) is 4.31 Å². The molecule has 1 fully saturated rings. The Bertz CT molecular complexity index is 648. The summed E-state index contributed by atoms with van der Waals surface area (Å²) >= 11 is 5.86. The first-order chi connectivity index (χ1) is 9.87. The largest absolute Gasteiger partial charge is 0.465 e. The highest BCUT2D eigenvalue weighted by atomic mass is 35.5. The van der Waals surface area contributed by atoms with Gasteiger partial charge in [-0.3, -0.25) is 0 Å². The number of benzene rings is 1. The zero-order valence-electron chi connectivity index (χ0n) is 11.8. The van der Waals surface area contributed by atoms with Gasteiger partial charge in [-0.1, -0.05) is 11.6 Å². The lowest BCUT2D eigenvalue weighted by Crippen LogP contribution is -2.52. The van der Waals surface area contributed by atoms with Crippen molar-refractivity contribution in [2.75, 3.05) is 26.7 Å². The Morgan fingerprint density at radius 3 is 2.81 bits per heavy atom. The van der Waals surface area contributed by atoms with Crippen molar-refractivity contribution in [2.24, 2.45) is 0 Å². The number of rotatable bonds is 3. The van der Waals surface area contributed by atoms with Gasteiger partial charge < -0.3 is 10.1 Å². The number of nitrogens with zero attached hydrogens (tertiary/aromatic N) is 1. The molecule has 1 aliphatic rings. The highest BCUT2D eigenvalue weighted by molar-refractivity contribution is 7.89. The summed E-state index contributed by atoms with van der Waals surface area (Å²) in [6, 6.07) is 3.92. The normalized spacial score (nSPS) is 20.2. The van der Waals surface area contributed by atoms with E-state index < -0.39 is 16.0 Å². The first-order valence-corrected chi connectivity index (χ1v) is 8.30. The summed E-state index contributed by atoms with van der Waals surface area (Å²) in [5.74, 6) is -0.723. The third-order valence-electron chi connectivity index (χ3n) is 3.37. The number of carbonyl (C=O) groups is 1. The number of piperazine rings is 1. The molecule has 1 aromatic carbocycles. The van der Waals surface area contributed by atoms with Crippen LogP contribution in [0.4, 0.5) is 0 Å². The van der Waals surface area contributed by atoms with Gasteiger partial charge in [-0.15, -0.1) is 0 Å². The Morgan fingerprint density at radius 1 is 1.48 bits per heavy atom. The average molecular weight is 333 g/mol. The van der Waals surface area contributed by atoms with Crippen LogP contribution in [-0.4, -0.2) is 51.5 Å². The minimum absolute atomic E-state index is 0.0456. The van der Waals surface area contributed by atoms with Gasteiger partial charge in [-0.05, 0) is 25.1 Å². The average Bonchev–Trinajstić information content (AvgIpc) is 2.46. The summed E-state index contributed by atoms with van der Waals surface area (Å²) in [5.41, 5.74) is -0.0456. The molecule has 21 heavy (non-hydrogen) atoms. The molecule has 0 aromatic heterocycles. The quantitative estimate of drug-likeness (QED) is 0.839. The van der Waals surface area contributed by atoms with Crippen LogP contribution >= 0.6 is 11.6 Å². The fourth-order valence-electron chi connectivity index (χ4n) is 2.30. The molecule has 1 unspecified atom stereocenters. The molecule has 0 amide bonds. The van der Waals surface area contributed by atoms with E-state index in [2.05, 4.69) is 10.1 Å². The van der Waals surface area contributed by atoms with Crippen molar-refractivity contribution >= 4 is 27.6 Å². The molecule has 1 N–H and O–H groups in total. The van der Waals surface area contributed by atoms with Crippen LogP contribution in [0, 0.1) is 0 Å². The summed E-state index contributed by atoms with van der Waals surface area (Å²) in [6.07, 6.45) is 0. The Balaban J connectivity index is 2.51. The topological polar surface area (TPSA) is 75.7 Å². The lowest BCUT2D eigenvalue weighted by Gasteiger charge is -2.33. The van der Waals surface area contributed by atoms with Gasteiger partial charge in [0.25, 0.3) is 0 Å². The van der Waals surface area contributed by atoms with E-state index in [1.54, 1.807) is 0 Å². The van der Waals surface area contributed by atoms with E-state index >= 15 is 0 Å². The van der Waals surface area contributed by atoms with E-state index in [1.165, 1.54) is 29.6 Å². The number of hydrogen-bond acceptors (Lipinski definition) is 5. The number of halogens is 1.